The number of anilines is 2. The Balaban J connectivity index is 1.35. The second-order valence-electron chi connectivity index (χ2n) is 9.18. The van der Waals surface area contributed by atoms with E-state index in [1.807, 2.05) is 16.7 Å². The third kappa shape index (κ3) is 3.54. The number of rotatable bonds is 4. The predicted octanol–water partition coefficient (Wildman–Crippen LogP) is 6.04. The molecule has 2 atom stereocenters. The first kappa shape index (κ1) is 20.9. The van der Waals surface area contributed by atoms with Gasteiger partial charge in [0.05, 0.1) is 21.4 Å². The van der Waals surface area contributed by atoms with E-state index in [0.29, 0.717) is 16.3 Å². The zero-order chi connectivity index (χ0) is 22.6. The second-order valence-corrected chi connectivity index (χ2v) is 9.59. The molecule has 0 spiro atoms. The minimum Gasteiger partial charge on any atom is -0.383 e. The van der Waals surface area contributed by atoms with E-state index in [4.69, 9.17) is 23.1 Å². The van der Waals surface area contributed by atoms with Gasteiger partial charge >= 0.3 is 0 Å². The Bertz CT molecular complexity index is 1350. The van der Waals surface area contributed by atoms with Crippen molar-refractivity contribution in [3.63, 3.8) is 0 Å². The number of fused-ring (bicyclic) bond motifs is 2. The first-order valence-corrected chi connectivity index (χ1v) is 11.1. The van der Waals surface area contributed by atoms with Gasteiger partial charge < -0.3 is 16.0 Å². The molecule has 5 nitrogen and oxygen atoms in total. The fourth-order valence-electron chi connectivity index (χ4n) is 5.11. The maximum atomic E-state index is 14.6. The zero-order valence-corrected chi connectivity index (χ0v) is 18.5. The molecule has 8 heteroatoms. The lowest BCUT2D eigenvalue weighted by atomic mass is 9.82. The summed E-state index contributed by atoms with van der Waals surface area (Å²) in [4.78, 5) is 8.25. The first-order chi connectivity index (χ1) is 15.2. The lowest BCUT2D eigenvalue weighted by Crippen LogP contribution is -2.14. The van der Waals surface area contributed by atoms with Crippen molar-refractivity contribution < 1.29 is 8.78 Å². The maximum Gasteiger partial charge on any atom is 0.152 e. The standard InChI is InChI=1S/C24H24ClF2N5/c1-24(5-2-13-8-17(26)15-10-16(25)22(28)31-19(15)9-13)6-3-14(11-24)32-12-18(27)21-20(32)4-7-30-23(21)29/h4,7-10,12,14H,2-3,5-6,11H2,1H3,(H2,28,31)(H2,29,30)/t14?,24-/m1/s1. The van der Waals surface area contributed by atoms with Crippen molar-refractivity contribution in [3.05, 3.63) is 58.9 Å². The van der Waals surface area contributed by atoms with Gasteiger partial charge in [-0.1, -0.05) is 18.5 Å². The lowest BCUT2D eigenvalue weighted by Gasteiger charge is -2.25. The van der Waals surface area contributed by atoms with Crippen LogP contribution in [0.25, 0.3) is 21.8 Å². The molecule has 1 saturated carbocycles. The molecule has 166 valence electrons. The van der Waals surface area contributed by atoms with Crippen LogP contribution in [0.4, 0.5) is 20.4 Å². The Morgan fingerprint density at radius 3 is 2.81 bits per heavy atom. The summed E-state index contributed by atoms with van der Waals surface area (Å²) < 4.78 is 31.1. The largest absolute Gasteiger partial charge is 0.383 e. The van der Waals surface area contributed by atoms with E-state index in [1.165, 1.54) is 6.07 Å². The molecule has 0 radical (unpaired) electrons. The van der Waals surface area contributed by atoms with Gasteiger partial charge in [0.25, 0.3) is 0 Å². The van der Waals surface area contributed by atoms with Gasteiger partial charge in [-0.3, -0.25) is 0 Å². The number of nitrogen functional groups attached to an aromatic ring is 2. The fourth-order valence-corrected chi connectivity index (χ4v) is 5.26. The molecule has 1 unspecified atom stereocenters. The monoisotopic (exact) mass is 455 g/mol. The van der Waals surface area contributed by atoms with E-state index in [2.05, 4.69) is 16.9 Å². The number of nitrogens with two attached hydrogens (primary N) is 2. The number of hydrogen-bond acceptors (Lipinski definition) is 4. The highest BCUT2D eigenvalue weighted by molar-refractivity contribution is 6.33. The van der Waals surface area contributed by atoms with Crippen LogP contribution in [0.1, 0.15) is 44.2 Å². The van der Waals surface area contributed by atoms with Crippen LogP contribution in [0.3, 0.4) is 0 Å². The number of benzene rings is 1. The highest BCUT2D eigenvalue weighted by atomic mass is 35.5. The number of aryl methyl sites for hydroxylation is 1. The van der Waals surface area contributed by atoms with E-state index >= 15 is 0 Å². The molecule has 5 rings (SSSR count). The molecule has 0 saturated heterocycles. The Labute approximate surface area is 189 Å². The van der Waals surface area contributed by atoms with Gasteiger partial charge in [-0.15, -0.1) is 0 Å². The molecular formula is C24H24ClF2N5. The van der Waals surface area contributed by atoms with Crippen LogP contribution in [-0.2, 0) is 6.42 Å². The van der Waals surface area contributed by atoms with Crippen molar-refractivity contribution in [2.45, 2.75) is 45.1 Å². The third-order valence-corrected chi connectivity index (χ3v) is 7.17. The molecule has 3 heterocycles. The quantitative estimate of drug-likeness (QED) is 0.392. The third-order valence-electron chi connectivity index (χ3n) is 6.87. The highest BCUT2D eigenvalue weighted by Crippen LogP contribution is 2.48. The van der Waals surface area contributed by atoms with Gasteiger partial charge in [0.2, 0.25) is 0 Å². The molecule has 1 fully saturated rings. The maximum absolute atomic E-state index is 14.6. The Kier molecular flexibility index (Phi) is 4.97. The summed E-state index contributed by atoms with van der Waals surface area (Å²) in [7, 11) is 0. The second kappa shape index (κ2) is 7.59. The molecule has 1 aliphatic rings. The van der Waals surface area contributed by atoms with Crippen molar-refractivity contribution in [3.8, 4) is 0 Å². The molecule has 32 heavy (non-hydrogen) atoms. The molecule has 3 aromatic heterocycles. The minimum absolute atomic E-state index is 0.0637. The van der Waals surface area contributed by atoms with E-state index in [9.17, 15) is 8.78 Å². The van der Waals surface area contributed by atoms with Gasteiger partial charge in [-0.25, -0.2) is 18.7 Å². The smallest absolute Gasteiger partial charge is 0.152 e. The summed E-state index contributed by atoms with van der Waals surface area (Å²) in [5.74, 6) is -0.267. The van der Waals surface area contributed by atoms with Crippen molar-refractivity contribution in [1.82, 2.24) is 14.5 Å². The average molecular weight is 456 g/mol. The van der Waals surface area contributed by atoms with Gasteiger partial charge in [0, 0.05) is 23.8 Å². The molecule has 0 amide bonds. The van der Waals surface area contributed by atoms with Crippen molar-refractivity contribution in [2.24, 2.45) is 5.41 Å². The Hall–Kier alpha value is -2.93. The van der Waals surface area contributed by atoms with Gasteiger partial charge in [-0.2, -0.15) is 0 Å². The van der Waals surface area contributed by atoms with Crippen LogP contribution in [0.15, 0.2) is 36.7 Å². The fraction of sp³-hybridized carbons (Fsp3) is 0.333. The van der Waals surface area contributed by atoms with Crippen molar-refractivity contribution in [1.29, 1.82) is 0 Å². The molecule has 1 aromatic carbocycles. The summed E-state index contributed by atoms with van der Waals surface area (Å²) in [5, 5.41) is 1.01. The molecule has 4 aromatic rings. The summed E-state index contributed by atoms with van der Waals surface area (Å²) in [6.45, 7) is 2.25. The van der Waals surface area contributed by atoms with Gasteiger partial charge in [0.15, 0.2) is 5.82 Å². The zero-order valence-electron chi connectivity index (χ0n) is 17.7. The molecular weight excluding hydrogens is 432 g/mol. The average Bonchev–Trinajstić information content (AvgIpc) is 3.29. The van der Waals surface area contributed by atoms with Crippen LogP contribution in [-0.4, -0.2) is 14.5 Å². The lowest BCUT2D eigenvalue weighted by molar-refractivity contribution is 0.295. The highest BCUT2D eigenvalue weighted by Gasteiger charge is 2.36. The van der Waals surface area contributed by atoms with E-state index in [1.54, 1.807) is 18.5 Å². The number of aromatic nitrogens is 3. The van der Waals surface area contributed by atoms with Gasteiger partial charge in [-0.05, 0) is 67.3 Å². The summed E-state index contributed by atoms with van der Waals surface area (Å²) in [5.41, 5.74) is 13.9. The molecule has 0 bridgehead atoms. The molecule has 4 N–H and O–H groups in total. The number of hydrogen-bond donors (Lipinski definition) is 2. The topological polar surface area (TPSA) is 82.8 Å². The van der Waals surface area contributed by atoms with Crippen LogP contribution in [0, 0.1) is 17.0 Å². The predicted molar refractivity (Wildman–Crippen MR) is 125 cm³/mol. The number of halogens is 3. The van der Waals surface area contributed by atoms with Crippen LogP contribution >= 0.6 is 11.6 Å². The first-order valence-electron chi connectivity index (χ1n) is 10.7. The van der Waals surface area contributed by atoms with E-state index < -0.39 is 0 Å². The SMILES string of the molecule is C[C@@]1(CCc2cc(F)c3cc(Cl)c(N)nc3c2)CCC(n2cc(F)c3c(N)nccc32)C1. The van der Waals surface area contributed by atoms with Crippen molar-refractivity contribution >= 4 is 45.0 Å². The normalized spacial score (nSPS) is 21.1. The van der Waals surface area contributed by atoms with Crippen LogP contribution < -0.4 is 11.5 Å². The van der Waals surface area contributed by atoms with Crippen LogP contribution in [0.2, 0.25) is 5.02 Å². The van der Waals surface area contributed by atoms with E-state index in [-0.39, 0.29) is 39.7 Å². The number of nitrogens with zero attached hydrogens (tertiary/aromatic N) is 3. The molecule has 1 aliphatic carbocycles. The van der Waals surface area contributed by atoms with Gasteiger partial charge in [0.1, 0.15) is 17.5 Å². The Morgan fingerprint density at radius 2 is 2.00 bits per heavy atom. The summed E-state index contributed by atoms with van der Waals surface area (Å²) >= 11 is 5.99. The number of pyridine rings is 2. The summed E-state index contributed by atoms with van der Waals surface area (Å²) in [6, 6.07) is 6.95. The Morgan fingerprint density at radius 1 is 1.19 bits per heavy atom. The minimum atomic E-state index is -0.346. The van der Waals surface area contributed by atoms with Crippen molar-refractivity contribution in [2.75, 3.05) is 11.5 Å². The molecule has 0 aliphatic heterocycles. The van der Waals surface area contributed by atoms with Crippen LogP contribution in [0.5, 0.6) is 0 Å². The van der Waals surface area contributed by atoms with E-state index in [0.717, 1.165) is 43.2 Å². The summed E-state index contributed by atoms with van der Waals surface area (Å²) in [6.07, 6.45) is 7.64.